The molecule has 10 rings (SSSR count). The first kappa shape index (κ1) is 64.1. The molecule has 0 aromatic heterocycles. The van der Waals surface area contributed by atoms with Crippen LogP contribution in [0.3, 0.4) is 0 Å². The van der Waals surface area contributed by atoms with Gasteiger partial charge < -0.3 is 77.6 Å². The van der Waals surface area contributed by atoms with Gasteiger partial charge in [-0.05, 0) is 116 Å². The van der Waals surface area contributed by atoms with Crippen LogP contribution in [0.1, 0.15) is 178 Å². The van der Waals surface area contributed by atoms with Crippen LogP contribution in [0.2, 0.25) is 0 Å². The topological polar surface area (TPSA) is 254 Å². The summed E-state index contributed by atoms with van der Waals surface area (Å²) >= 11 is 0. The fourth-order valence-corrected chi connectivity index (χ4v) is 16.7. The van der Waals surface area contributed by atoms with Crippen molar-refractivity contribution in [2.24, 2.45) is 29.6 Å². The number of carboxylic acids is 2. The normalized spacial score (nSPS) is 47.6. The second kappa shape index (κ2) is 25.5. The molecule has 0 aromatic rings. The van der Waals surface area contributed by atoms with Gasteiger partial charge in [0.1, 0.15) is 17.8 Å². The second-order valence-electron chi connectivity index (χ2n) is 28.7. The summed E-state index contributed by atoms with van der Waals surface area (Å²) in [5.74, 6) is -2.58. The van der Waals surface area contributed by atoms with E-state index in [-0.39, 0.29) is 129 Å². The highest BCUT2D eigenvalue weighted by Gasteiger charge is 2.65. The summed E-state index contributed by atoms with van der Waals surface area (Å²) in [5, 5.41) is 53.8. The third kappa shape index (κ3) is 13.8. The Kier molecular flexibility index (Phi) is 19.5. The number of aliphatic hydroxyl groups excluding tert-OH is 3. The highest BCUT2D eigenvalue weighted by Crippen LogP contribution is 2.54. The molecule has 10 heterocycles. The number of carbonyl (C=O) groups excluding carboxylic acids is 1. The van der Waals surface area contributed by atoms with Crippen LogP contribution < -0.4 is 0 Å². The van der Waals surface area contributed by atoms with Crippen LogP contribution in [0.25, 0.3) is 0 Å². The summed E-state index contributed by atoms with van der Waals surface area (Å²) in [4.78, 5) is 34.9. The van der Waals surface area contributed by atoms with E-state index in [1.54, 1.807) is 6.92 Å². The summed E-state index contributed by atoms with van der Waals surface area (Å²) in [6.45, 7) is 24.8. The lowest BCUT2D eigenvalue weighted by Crippen LogP contribution is -2.74. The third-order valence-corrected chi connectivity index (χ3v) is 21.1. The smallest absolute Gasteiger partial charge is 0.306 e. The third-order valence-electron chi connectivity index (χ3n) is 21.1. The Balaban J connectivity index is 0.759. The van der Waals surface area contributed by atoms with Gasteiger partial charge in [0.15, 0.2) is 0 Å². The lowest BCUT2D eigenvalue weighted by atomic mass is 9.72. The van der Waals surface area contributed by atoms with Crippen molar-refractivity contribution < 1.29 is 92.0 Å². The first-order valence-corrected chi connectivity index (χ1v) is 31.9. The number of carboxylic acid groups (broad SMARTS) is 2. The molecule has 5 N–H and O–H groups in total. The van der Waals surface area contributed by atoms with Crippen molar-refractivity contribution in [2.75, 3.05) is 6.61 Å². The molecule has 0 unspecified atom stereocenters. The van der Waals surface area contributed by atoms with Crippen LogP contribution in [-0.2, 0) is 66.5 Å². The fraction of sp³-hybridized carbons (Fsp3) is 0.862. The minimum Gasteiger partial charge on any atom is -0.481 e. The lowest BCUT2D eigenvalue weighted by Gasteiger charge is -2.61. The molecule has 0 bridgehead atoms. The molecule has 9 fully saturated rings. The predicted molar refractivity (Wildman–Crippen MR) is 306 cm³/mol. The Labute approximate surface area is 497 Å². The van der Waals surface area contributed by atoms with Crippen LogP contribution in [-0.4, -0.2) is 188 Å². The Morgan fingerprint density at radius 2 is 1.44 bits per heavy atom. The van der Waals surface area contributed by atoms with E-state index in [4.69, 9.17) is 57.2 Å². The molecular weight excluding hydrogens is 1080 g/mol. The molecular formula is C65H100O19. The van der Waals surface area contributed by atoms with E-state index < -0.39 is 89.1 Å². The van der Waals surface area contributed by atoms with Crippen molar-refractivity contribution in [3.8, 4) is 0 Å². The maximum atomic E-state index is 12.5. The number of hydrogen-bond donors (Lipinski definition) is 5. The van der Waals surface area contributed by atoms with E-state index in [0.29, 0.717) is 77.0 Å². The van der Waals surface area contributed by atoms with Gasteiger partial charge in [0, 0.05) is 56.8 Å². The molecule has 9 saturated heterocycles. The van der Waals surface area contributed by atoms with E-state index in [2.05, 4.69) is 59.4 Å². The van der Waals surface area contributed by atoms with E-state index in [9.17, 15) is 34.8 Å². The molecule has 0 spiro atoms. The molecule has 19 nitrogen and oxygen atoms in total. The molecule has 19 heteroatoms. The molecule has 474 valence electrons. The molecule has 10 aliphatic rings. The monoisotopic (exact) mass is 1180 g/mol. The van der Waals surface area contributed by atoms with Gasteiger partial charge in [-0.15, -0.1) is 0 Å². The first-order chi connectivity index (χ1) is 39.6. The zero-order chi connectivity index (χ0) is 60.4. The Morgan fingerprint density at radius 1 is 0.726 bits per heavy atom. The van der Waals surface area contributed by atoms with Crippen LogP contribution in [0.5, 0.6) is 0 Å². The van der Waals surface area contributed by atoms with Gasteiger partial charge in [0.25, 0.3) is 0 Å². The molecule has 10 aliphatic heterocycles. The largest absolute Gasteiger partial charge is 0.481 e. The summed E-state index contributed by atoms with van der Waals surface area (Å²) in [5.41, 5.74) is -1.26. The van der Waals surface area contributed by atoms with E-state index in [0.717, 1.165) is 17.6 Å². The Bertz CT molecular complexity index is 2420. The number of ether oxygens (including phenoxy) is 11. The number of aliphatic hydroxyl groups is 3. The van der Waals surface area contributed by atoms with E-state index >= 15 is 0 Å². The van der Waals surface area contributed by atoms with Gasteiger partial charge >= 0.3 is 17.9 Å². The van der Waals surface area contributed by atoms with Crippen molar-refractivity contribution in [3.63, 3.8) is 0 Å². The minimum atomic E-state index is -1.09. The van der Waals surface area contributed by atoms with Gasteiger partial charge in [-0.25, -0.2) is 0 Å². The maximum Gasteiger partial charge on any atom is 0.306 e. The predicted octanol–water partition coefficient (Wildman–Crippen LogP) is 7.89. The number of rotatable bonds is 16. The molecule has 0 amide bonds. The highest BCUT2D eigenvalue weighted by atomic mass is 16.7. The highest BCUT2D eigenvalue weighted by molar-refractivity contribution is 5.72. The lowest BCUT2D eigenvalue weighted by molar-refractivity contribution is -0.369. The van der Waals surface area contributed by atoms with Crippen LogP contribution in [0, 0.1) is 29.6 Å². The van der Waals surface area contributed by atoms with Crippen molar-refractivity contribution in [2.45, 2.75) is 317 Å². The molecule has 0 saturated carbocycles. The zero-order valence-corrected chi connectivity index (χ0v) is 51.5. The summed E-state index contributed by atoms with van der Waals surface area (Å²) < 4.78 is 75.5. The number of carbonyl (C=O) groups is 3. The van der Waals surface area contributed by atoms with Crippen LogP contribution in [0.4, 0.5) is 0 Å². The van der Waals surface area contributed by atoms with Crippen molar-refractivity contribution in [1.82, 2.24) is 0 Å². The number of fused-ring (bicyclic) bond motifs is 8. The summed E-state index contributed by atoms with van der Waals surface area (Å²) in [6.07, 6.45) is 5.79. The zero-order valence-electron chi connectivity index (χ0n) is 51.5. The van der Waals surface area contributed by atoms with Gasteiger partial charge in [0.2, 0.25) is 0 Å². The Morgan fingerprint density at radius 3 is 2.19 bits per heavy atom. The van der Waals surface area contributed by atoms with Gasteiger partial charge in [-0.3, -0.25) is 14.4 Å². The standard InChI is InChI=1S/C65H100O19/c1-33(19-35(3)31-74-57(72)22-34(2)21-55(68)69)20-46-37(5)24-52-62(8,83-46)30-50-60(80-52)61(73)65(11)54(78-50)29-49-59(84-65)36(4)13-12-14-44-43(76-49)17-18-51-63(9,81-44)32-64(10)53(79-51)28-48-45(82-64)16-15-42(67)47(77-48)27-40(66)26-41-23-38(6)58(75-41)39(7)25-56(70)71/h12-13,19,34-36,38-54,58-61,66-67,73H,5,14-18,20-32H2,1-4,6-11H3,(H,68,69)(H,70,71)/b13-12-,33-19+/t34-,35+,36-,38+,39-,40+,41-,42+,43-,44+,45-,46+,47-,48+,49+,50+,51+,52+,53-,54-,58-,59-,60+,61-,62-,63-,64+,65-/m0/s1. The average molecular weight is 1190 g/mol. The molecule has 28 atom stereocenters. The average Bonchev–Trinajstić information content (AvgIpc) is 0.867. The second-order valence-corrected chi connectivity index (χ2v) is 28.7. The maximum absolute atomic E-state index is 12.5. The molecule has 0 aliphatic carbocycles. The van der Waals surface area contributed by atoms with Gasteiger partial charge in [-0.1, -0.05) is 65.0 Å². The molecule has 84 heavy (non-hydrogen) atoms. The van der Waals surface area contributed by atoms with E-state index in [1.165, 1.54) is 0 Å². The van der Waals surface area contributed by atoms with Gasteiger partial charge in [0.05, 0.1) is 134 Å². The molecule has 0 radical (unpaired) electrons. The van der Waals surface area contributed by atoms with Gasteiger partial charge in [-0.2, -0.15) is 0 Å². The first-order valence-electron chi connectivity index (χ1n) is 31.9. The molecule has 0 aromatic carbocycles. The van der Waals surface area contributed by atoms with Crippen molar-refractivity contribution in [3.05, 3.63) is 36.0 Å². The minimum absolute atomic E-state index is 0.0345. The van der Waals surface area contributed by atoms with Crippen molar-refractivity contribution in [1.29, 1.82) is 0 Å². The van der Waals surface area contributed by atoms with E-state index in [1.807, 2.05) is 27.7 Å². The van der Waals surface area contributed by atoms with Crippen molar-refractivity contribution >= 4 is 17.9 Å². The quantitative estimate of drug-likeness (QED) is 0.0727. The Hall–Kier alpha value is -2.89. The number of hydrogen-bond acceptors (Lipinski definition) is 17. The number of aliphatic carboxylic acids is 2. The fourth-order valence-electron chi connectivity index (χ4n) is 16.7. The summed E-state index contributed by atoms with van der Waals surface area (Å²) in [7, 11) is 0. The van der Waals surface area contributed by atoms with Crippen LogP contribution in [0.15, 0.2) is 36.0 Å². The van der Waals surface area contributed by atoms with Crippen LogP contribution >= 0.6 is 0 Å². The number of esters is 1. The SMILES string of the molecule is C=C1C[C@H]2O[C@@H]3[C@@H](C[C@]2(C)O[C@@H]1C/C(C)=C/[C@@H](C)COC(=O)C[C@@H](C)CC(=O)O)O[C@H]1C[C@H]2O[C@H]4CC[C@H]5O[C@H]6C[C@H]7O[C@@H](C[C@H](O)C[C@@H]8C[C@@H](C)[C@@H]([C@@H](C)CC(=O)O)O8)[C@H](O)CC[C@@H]7O[C@]6(C)C[C@]5(C)O[C@@H]4C/C=C\[C@H](C)[C@@H]2O[C@]1(C)[C@H]3O. The summed E-state index contributed by atoms with van der Waals surface area (Å²) in [6, 6.07) is 0.